The van der Waals surface area contributed by atoms with Gasteiger partial charge in [-0.2, -0.15) is 5.10 Å². The fourth-order valence-corrected chi connectivity index (χ4v) is 1.27. The van der Waals surface area contributed by atoms with Gasteiger partial charge in [0.15, 0.2) is 5.75 Å². The van der Waals surface area contributed by atoms with Crippen molar-refractivity contribution in [1.82, 2.24) is 5.43 Å². The Balaban J connectivity index is 2.02. The Kier molecular flexibility index (Phi) is 2.95. The molecule has 1 aliphatic rings. The van der Waals surface area contributed by atoms with Gasteiger partial charge in [-0.25, -0.2) is 5.43 Å². The van der Waals surface area contributed by atoms with Crippen molar-refractivity contribution in [2.24, 2.45) is 16.2 Å². The summed E-state index contributed by atoms with van der Waals surface area (Å²) in [6, 6.07) is 9.17. The van der Waals surface area contributed by atoms with E-state index >= 15 is 0 Å². The van der Waals surface area contributed by atoms with E-state index in [0.717, 1.165) is 0 Å². The summed E-state index contributed by atoms with van der Waals surface area (Å²) >= 11 is 0. The minimum atomic E-state index is -0.427. The van der Waals surface area contributed by atoms with E-state index in [1.807, 2.05) is 18.2 Å². The van der Waals surface area contributed by atoms with Crippen LogP contribution in [0.25, 0.3) is 0 Å². The highest BCUT2D eigenvalue weighted by Gasteiger charge is 2.24. The molecule has 1 amide bonds. The van der Waals surface area contributed by atoms with E-state index in [-0.39, 0.29) is 5.91 Å². The Morgan fingerprint density at radius 1 is 1.44 bits per heavy atom. The topological polar surface area (TPSA) is 63.1 Å². The fourth-order valence-electron chi connectivity index (χ4n) is 1.27. The van der Waals surface area contributed by atoms with Crippen LogP contribution in [0.3, 0.4) is 0 Å². The average molecular weight is 217 g/mol. The second-order valence-electron chi connectivity index (χ2n) is 3.37. The minimum Gasteiger partial charge on any atom is -0.357 e. The monoisotopic (exact) mass is 217 g/mol. The van der Waals surface area contributed by atoms with Crippen molar-refractivity contribution in [3.63, 3.8) is 0 Å². The zero-order valence-corrected chi connectivity index (χ0v) is 8.75. The highest BCUT2D eigenvalue weighted by molar-refractivity contribution is 6.16. The zero-order chi connectivity index (χ0) is 11.4. The van der Waals surface area contributed by atoms with Gasteiger partial charge in [-0.1, -0.05) is 23.4 Å². The highest BCUT2D eigenvalue weighted by Crippen LogP contribution is 2.10. The van der Waals surface area contributed by atoms with Crippen LogP contribution in [0.1, 0.15) is 6.92 Å². The van der Waals surface area contributed by atoms with Crippen LogP contribution in [-0.2, 0) is 4.79 Å². The normalized spacial score (nSPS) is 19.7. The minimum absolute atomic E-state index is 0.182. The van der Waals surface area contributed by atoms with Crippen LogP contribution in [0.4, 0.5) is 0 Å². The molecule has 1 unspecified atom stereocenters. The van der Waals surface area contributed by atoms with Gasteiger partial charge in [0.1, 0.15) is 5.92 Å². The van der Waals surface area contributed by atoms with Gasteiger partial charge in [0.2, 0.25) is 0 Å². The first-order valence-electron chi connectivity index (χ1n) is 4.87. The van der Waals surface area contributed by atoms with E-state index < -0.39 is 5.92 Å². The molecule has 0 aromatic heterocycles. The standard InChI is InChI=1S/C11H11N3O2/c1-8(10-7-12-13-11(10)15)14-16-9-5-3-2-4-6-9/h2-7,10H,1H3,(H,13,15). The van der Waals surface area contributed by atoms with Gasteiger partial charge in [0, 0.05) is 6.21 Å². The predicted octanol–water partition coefficient (Wildman–Crippen LogP) is 1.17. The molecule has 0 spiro atoms. The lowest BCUT2D eigenvalue weighted by Crippen LogP contribution is -2.25. The molecule has 5 nitrogen and oxygen atoms in total. The van der Waals surface area contributed by atoms with Crippen LogP contribution in [0.5, 0.6) is 5.75 Å². The van der Waals surface area contributed by atoms with Crippen LogP contribution < -0.4 is 10.3 Å². The molecule has 0 saturated carbocycles. The van der Waals surface area contributed by atoms with E-state index in [9.17, 15) is 4.79 Å². The summed E-state index contributed by atoms with van der Waals surface area (Å²) in [5, 5.41) is 7.55. The Bertz CT molecular complexity index is 440. The molecule has 1 atom stereocenters. The number of benzene rings is 1. The Hall–Kier alpha value is -2.17. The van der Waals surface area contributed by atoms with Crippen molar-refractivity contribution in [3.05, 3.63) is 30.3 Å². The smallest absolute Gasteiger partial charge is 0.254 e. The lowest BCUT2D eigenvalue weighted by molar-refractivity contribution is -0.120. The summed E-state index contributed by atoms with van der Waals surface area (Å²) < 4.78 is 0. The molecule has 5 heteroatoms. The fraction of sp³-hybridized carbons (Fsp3) is 0.182. The molecule has 16 heavy (non-hydrogen) atoms. The van der Waals surface area contributed by atoms with Gasteiger partial charge in [-0.15, -0.1) is 0 Å². The van der Waals surface area contributed by atoms with Crippen LogP contribution in [0.2, 0.25) is 0 Å². The first-order chi connectivity index (χ1) is 7.77. The number of para-hydroxylation sites is 1. The third-order valence-electron chi connectivity index (χ3n) is 2.17. The lowest BCUT2D eigenvalue weighted by atomic mass is 10.1. The first kappa shape index (κ1) is 10.4. The van der Waals surface area contributed by atoms with Crippen LogP contribution in [-0.4, -0.2) is 17.8 Å². The predicted molar refractivity (Wildman–Crippen MR) is 60.3 cm³/mol. The Labute approximate surface area is 92.8 Å². The van der Waals surface area contributed by atoms with Crippen molar-refractivity contribution >= 4 is 17.8 Å². The number of hydrogen-bond acceptors (Lipinski definition) is 4. The van der Waals surface area contributed by atoms with E-state index in [4.69, 9.17) is 4.84 Å². The maximum Gasteiger partial charge on any atom is 0.254 e. The van der Waals surface area contributed by atoms with Gasteiger partial charge < -0.3 is 4.84 Å². The SMILES string of the molecule is CC(=NOc1ccccc1)C1C=NNC1=O. The third-order valence-corrected chi connectivity index (χ3v) is 2.17. The van der Waals surface area contributed by atoms with Crippen LogP contribution >= 0.6 is 0 Å². The third kappa shape index (κ3) is 2.25. The second kappa shape index (κ2) is 4.57. The number of nitrogens with one attached hydrogen (secondary N) is 1. The molecule has 0 radical (unpaired) electrons. The summed E-state index contributed by atoms with van der Waals surface area (Å²) in [5.74, 6) is 0.0267. The van der Waals surface area contributed by atoms with Gasteiger partial charge >= 0.3 is 0 Å². The Morgan fingerprint density at radius 3 is 2.81 bits per heavy atom. The molecule has 0 saturated heterocycles. The number of hydrazone groups is 1. The van der Waals surface area contributed by atoms with E-state index in [1.165, 1.54) is 6.21 Å². The molecular formula is C11H11N3O2. The van der Waals surface area contributed by atoms with E-state index in [2.05, 4.69) is 15.7 Å². The molecule has 0 aliphatic carbocycles. The van der Waals surface area contributed by atoms with Gasteiger partial charge in [0.25, 0.3) is 5.91 Å². The largest absolute Gasteiger partial charge is 0.357 e. The van der Waals surface area contributed by atoms with Crippen LogP contribution in [0, 0.1) is 5.92 Å². The number of rotatable bonds is 3. The number of nitrogens with zero attached hydrogens (tertiary/aromatic N) is 2. The Morgan fingerprint density at radius 2 is 2.19 bits per heavy atom. The summed E-state index contributed by atoms with van der Waals surface area (Å²) in [5.41, 5.74) is 2.91. The lowest BCUT2D eigenvalue weighted by Gasteiger charge is -2.03. The average Bonchev–Trinajstić information content (AvgIpc) is 2.74. The number of carbonyl (C=O) groups excluding carboxylic acids is 1. The maximum absolute atomic E-state index is 11.3. The van der Waals surface area contributed by atoms with E-state index in [1.54, 1.807) is 19.1 Å². The zero-order valence-electron chi connectivity index (χ0n) is 8.75. The molecule has 1 aliphatic heterocycles. The number of carbonyl (C=O) groups is 1. The molecule has 1 aromatic carbocycles. The summed E-state index contributed by atoms with van der Waals surface area (Å²) in [4.78, 5) is 16.4. The van der Waals surface area contributed by atoms with Crippen molar-refractivity contribution in [3.8, 4) is 5.75 Å². The quantitative estimate of drug-likeness (QED) is 0.610. The van der Waals surface area contributed by atoms with Crippen molar-refractivity contribution in [2.45, 2.75) is 6.92 Å². The van der Waals surface area contributed by atoms with Crippen LogP contribution in [0.15, 0.2) is 40.6 Å². The number of oxime groups is 1. The molecule has 82 valence electrons. The number of amides is 1. The molecule has 0 fully saturated rings. The van der Waals surface area contributed by atoms with Gasteiger partial charge in [0.05, 0.1) is 5.71 Å². The molecule has 1 N–H and O–H groups in total. The summed E-state index contributed by atoms with van der Waals surface area (Å²) in [6.07, 6.45) is 1.51. The van der Waals surface area contributed by atoms with Crippen molar-refractivity contribution in [1.29, 1.82) is 0 Å². The first-order valence-corrected chi connectivity index (χ1v) is 4.87. The molecule has 0 bridgehead atoms. The summed E-state index contributed by atoms with van der Waals surface area (Å²) in [7, 11) is 0. The van der Waals surface area contributed by atoms with Crippen molar-refractivity contribution < 1.29 is 9.63 Å². The van der Waals surface area contributed by atoms with E-state index in [0.29, 0.717) is 11.5 Å². The highest BCUT2D eigenvalue weighted by atomic mass is 16.6. The molecule has 1 heterocycles. The molecular weight excluding hydrogens is 206 g/mol. The van der Waals surface area contributed by atoms with Gasteiger partial charge in [-0.05, 0) is 19.1 Å². The maximum atomic E-state index is 11.3. The van der Waals surface area contributed by atoms with Gasteiger partial charge in [-0.3, -0.25) is 4.79 Å². The second-order valence-corrected chi connectivity index (χ2v) is 3.37. The summed E-state index contributed by atoms with van der Waals surface area (Å²) in [6.45, 7) is 1.73. The number of hydrogen-bond donors (Lipinski definition) is 1. The van der Waals surface area contributed by atoms with Crippen molar-refractivity contribution in [2.75, 3.05) is 0 Å². The molecule has 2 rings (SSSR count). The molecule has 1 aromatic rings.